The lowest BCUT2D eigenvalue weighted by molar-refractivity contribution is -0.152. The van der Waals surface area contributed by atoms with E-state index in [2.05, 4.69) is 0 Å². The SMILES string of the molecule is CCC(=O)N1CCN(C)C(=O)C12CC2. The van der Waals surface area contributed by atoms with Crippen molar-refractivity contribution in [3.8, 4) is 0 Å². The van der Waals surface area contributed by atoms with Crippen molar-refractivity contribution in [3.63, 3.8) is 0 Å². The van der Waals surface area contributed by atoms with E-state index in [-0.39, 0.29) is 11.8 Å². The van der Waals surface area contributed by atoms with Crippen molar-refractivity contribution < 1.29 is 9.59 Å². The van der Waals surface area contributed by atoms with Gasteiger partial charge in [-0.25, -0.2) is 0 Å². The van der Waals surface area contributed by atoms with Crippen molar-refractivity contribution >= 4 is 11.8 Å². The maximum atomic E-state index is 11.9. The Kier molecular flexibility index (Phi) is 2.01. The molecule has 78 valence electrons. The van der Waals surface area contributed by atoms with E-state index in [1.54, 1.807) is 9.80 Å². The van der Waals surface area contributed by atoms with Crippen LogP contribution in [-0.2, 0) is 9.59 Å². The Balaban J connectivity index is 2.20. The van der Waals surface area contributed by atoms with Crippen molar-refractivity contribution in [3.05, 3.63) is 0 Å². The molecule has 1 aliphatic heterocycles. The molecule has 1 spiro atoms. The number of hydrogen-bond donors (Lipinski definition) is 0. The molecule has 0 radical (unpaired) electrons. The first-order valence-corrected chi connectivity index (χ1v) is 5.18. The third-order valence-electron chi connectivity index (χ3n) is 3.25. The fourth-order valence-electron chi connectivity index (χ4n) is 2.19. The predicted octanol–water partition coefficient (Wildman–Crippen LogP) is 0.230. The molecule has 0 aromatic heterocycles. The highest BCUT2D eigenvalue weighted by molar-refractivity contribution is 5.95. The maximum Gasteiger partial charge on any atom is 0.248 e. The van der Waals surface area contributed by atoms with Crippen LogP contribution in [0, 0.1) is 0 Å². The second kappa shape index (κ2) is 2.97. The first-order valence-electron chi connectivity index (χ1n) is 5.18. The van der Waals surface area contributed by atoms with E-state index in [9.17, 15) is 9.59 Å². The number of rotatable bonds is 1. The molecule has 1 heterocycles. The first-order chi connectivity index (χ1) is 6.62. The number of piperazine rings is 1. The summed E-state index contributed by atoms with van der Waals surface area (Å²) in [6.07, 6.45) is 2.20. The molecular weight excluding hydrogens is 180 g/mol. The summed E-state index contributed by atoms with van der Waals surface area (Å²) in [5, 5.41) is 0. The van der Waals surface area contributed by atoms with Gasteiger partial charge in [0.15, 0.2) is 0 Å². The van der Waals surface area contributed by atoms with Crippen molar-refractivity contribution in [2.75, 3.05) is 20.1 Å². The summed E-state index contributed by atoms with van der Waals surface area (Å²) in [4.78, 5) is 27.0. The van der Waals surface area contributed by atoms with E-state index in [0.717, 1.165) is 12.8 Å². The maximum absolute atomic E-state index is 11.9. The van der Waals surface area contributed by atoms with E-state index in [1.807, 2.05) is 14.0 Å². The zero-order valence-corrected chi connectivity index (χ0v) is 8.75. The summed E-state index contributed by atoms with van der Waals surface area (Å²) in [6, 6.07) is 0. The normalized spacial score (nSPS) is 24.3. The van der Waals surface area contributed by atoms with E-state index in [1.165, 1.54) is 0 Å². The van der Waals surface area contributed by atoms with Gasteiger partial charge in [-0.05, 0) is 12.8 Å². The number of amides is 2. The minimum atomic E-state index is -0.430. The zero-order valence-electron chi connectivity index (χ0n) is 8.75. The average molecular weight is 196 g/mol. The molecule has 1 aliphatic carbocycles. The fourth-order valence-corrected chi connectivity index (χ4v) is 2.19. The largest absolute Gasteiger partial charge is 0.342 e. The Morgan fingerprint density at radius 2 is 2.07 bits per heavy atom. The lowest BCUT2D eigenvalue weighted by Gasteiger charge is -2.39. The summed E-state index contributed by atoms with van der Waals surface area (Å²) in [5.74, 6) is 0.245. The second-order valence-electron chi connectivity index (χ2n) is 4.16. The van der Waals surface area contributed by atoms with Gasteiger partial charge in [-0.1, -0.05) is 6.92 Å². The van der Waals surface area contributed by atoms with Crippen molar-refractivity contribution in [2.24, 2.45) is 0 Å². The number of likely N-dealkylation sites (N-methyl/N-ethyl adjacent to an activating group) is 1. The third kappa shape index (κ3) is 1.13. The quantitative estimate of drug-likeness (QED) is 0.602. The standard InChI is InChI=1S/C10H16N2O2/c1-3-8(13)12-7-6-11(2)9(14)10(12)4-5-10/h3-7H2,1-2H3. The summed E-state index contributed by atoms with van der Waals surface area (Å²) in [7, 11) is 1.82. The van der Waals surface area contributed by atoms with Crippen molar-refractivity contribution in [2.45, 2.75) is 31.7 Å². The van der Waals surface area contributed by atoms with Gasteiger partial charge in [-0.15, -0.1) is 0 Å². The number of carbonyl (C=O) groups is 2. The summed E-state index contributed by atoms with van der Waals surface area (Å²) in [5.41, 5.74) is -0.430. The molecule has 2 fully saturated rings. The highest BCUT2D eigenvalue weighted by atomic mass is 16.2. The molecule has 0 aromatic rings. The summed E-state index contributed by atoms with van der Waals surface area (Å²) >= 11 is 0. The number of carbonyl (C=O) groups excluding carboxylic acids is 2. The van der Waals surface area contributed by atoms with Crippen LogP contribution in [0.2, 0.25) is 0 Å². The van der Waals surface area contributed by atoms with Gasteiger partial charge in [0.2, 0.25) is 11.8 Å². The third-order valence-corrected chi connectivity index (χ3v) is 3.25. The topological polar surface area (TPSA) is 40.6 Å². The van der Waals surface area contributed by atoms with Gasteiger partial charge in [0.25, 0.3) is 0 Å². The lowest BCUT2D eigenvalue weighted by Crippen LogP contribution is -2.59. The fraction of sp³-hybridized carbons (Fsp3) is 0.800. The Hall–Kier alpha value is -1.06. The highest BCUT2D eigenvalue weighted by Gasteiger charge is 2.58. The lowest BCUT2D eigenvalue weighted by atomic mass is 10.1. The molecule has 0 bridgehead atoms. The Morgan fingerprint density at radius 3 is 2.57 bits per heavy atom. The molecule has 0 aromatic carbocycles. The van der Waals surface area contributed by atoms with Gasteiger partial charge in [-0.2, -0.15) is 0 Å². The number of hydrogen-bond acceptors (Lipinski definition) is 2. The van der Waals surface area contributed by atoms with E-state index in [4.69, 9.17) is 0 Å². The van der Waals surface area contributed by atoms with Gasteiger partial charge in [0.05, 0.1) is 0 Å². The van der Waals surface area contributed by atoms with E-state index >= 15 is 0 Å². The molecule has 2 amide bonds. The summed E-state index contributed by atoms with van der Waals surface area (Å²) < 4.78 is 0. The molecular formula is C10H16N2O2. The Bertz CT molecular complexity index is 284. The van der Waals surface area contributed by atoms with E-state index < -0.39 is 5.54 Å². The minimum absolute atomic E-state index is 0.115. The van der Waals surface area contributed by atoms with Crippen LogP contribution in [0.1, 0.15) is 26.2 Å². The van der Waals surface area contributed by atoms with Crippen LogP contribution in [0.5, 0.6) is 0 Å². The molecule has 1 saturated carbocycles. The molecule has 0 atom stereocenters. The molecule has 2 aliphatic rings. The smallest absolute Gasteiger partial charge is 0.248 e. The molecule has 0 unspecified atom stereocenters. The monoisotopic (exact) mass is 196 g/mol. The van der Waals surface area contributed by atoms with E-state index in [0.29, 0.717) is 19.5 Å². The van der Waals surface area contributed by atoms with Crippen LogP contribution < -0.4 is 0 Å². The van der Waals surface area contributed by atoms with Crippen LogP contribution in [0.4, 0.5) is 0 Å². The molecule has 0 N–H and O–H groups in total. The minimum Gasteiger partial charge on any atom is -0.342 e. The first kappa shape index (κ1) is 9.49. The van der Waals surface area contributed by atoms with Crippen molar-refractivity contribution in [1.29, 1.82) is 0 Å². The van der Waals surface area contributed by atoms with Gasteiger partial charge in [-0.3, -0.25) is 9.59 Å². The summed E-state index contributed by atoms with van der Waals surface area (Å²) in [6.45, 7) is 3.22. The second-order valence-corrected chi connectivity index (χ2v) is 4.16. The Labute approximate surface area is 83.9 Å². The van der Waals surface area contributed by atoms with Gasteiger partial charge < -0.3 is 9.80 Å². The van der Waals surface area contributed by atoms with Crippen molar-refractivity contribution in [1.82, 2.24) is 9.80 Å². The molecule has 4 nitrogen and oxygen atoms in total. The molecule has 4 heteroatoms. The van der Waals surface area contributed by atoms with Crippen LogP contribution in [0.3, 0.4) is 0 Å². The van der Waals surface area contributed by atoms with Gasteiger partial charge >= 0.3 is 0 Å². The highest BCUT2D eigenvalue weighted by Crippen LogP contribution is 2.45. The van der Waals surface area contributed by atoms with Crippen LogP contribution in [-0.4, -0.2) is 47.3 Å². The van der Waals surface area contributed by atoms with Gasteiger partial charge in [0.1, 0.15) is 5.54 Å². The van der Waals surface area contributed by atoms with Crippen LogP contribution >= 0.6 is 0 Å². The molecule has 14 heavy (non-hydrogen) atoms. The predicted molar refractivity (Wildman–Crippen MR) is 51.6 cm³/mol. The zero-order chi connectivity index (χ0) is 10.3. The number of nitrogens with zero attached hydrogens (tertiary/aromatic N) is 2. The Morgan fingerprint density at radius 1 is 1.43 bits per heavy atom. The van der Waals surface area contributed by atoms with Crippen LogP contribution in [0.15, 0.2) is 0 Å². The van der Waals surface area contributed by atoms with Crippen LogP contribution in [0.25, 0.3) is 0 Å². The average Bonchev–Trinajstić information content (AvgIpc) is 2.95. The molecule has 1 saturated heterocycles. The van der Waals surface area contributed by atoms with Gasteiger partial charge in [0, 0.05) is 26.6 Å². The molecule has 2 rings (SSSR count).